The molecule has 3 fully saturated rings. The van der Waals surface area contributed by atoms with Crippen LogP contribution in [0.4, 0.5) is 4.39 Å². The van der Waals surface area contributed by atoms with Crippen LogP contribution < -0.4 is 11.3 Å². The van der Waals surface area contributed by atoms with Gasteiger partial charge in [0.2, 0.25) is 17.4 Å². The minimum absolute atomic E-state index is 0.0468. The molecule has 1 aliphatic carbocycles. The fraction of sp³-hybridized carbons (Fsp3) is 0.393. The minimum Gasteiger partial charge on any atom is -0.368 e. The van der Waals surface area contributed by atoms with E-state index in [2.05, 4.69) is 4.98 Å². The summed E-state index contributed by atoms with van der Waals surface area (Å²) in [6.45, 7) is 1.69. The van der Waals surface area contributed by atoms with Crippen molar-refractivity contribution in [1.82, 2.24) is 14.8 Å². The molecule has 1 spiro atoms. The zero-order valence-electron chi connectivity index (χ0n) is 20.4. The fourth-order valence-electron chi connectivity index (χ4n) is 5.74. The Morgan fingerprint density at radius 3 is 2.46 bits per heavy atom. The van der Waals surface area contributed by atoms with Crippen LogP contribution in [0.2, 0.25) is 0 Å². The van der Waals surface area contributed by atoms with Crippen molar-refractivity contribution in [2.24, 2.45) is 5.73 Å². The molecule has 1 unspecified atom stereocenters. The molecule has 192 valence electrons. The molecule has 2 aromatic carbocycles. The Bertz CT molecular complexity index is 1440. The highest BCUT2D eigenvalue weighted by molar-refractivity contribution is 5.85. The number of aromatic nitrogens is 1. The van der Waals surface area contributed by atoms with Crippen LogP contribution in [0.15, 0.2) is 53.3 Å². The number of ether oxygens (including phenoxy) is 1. The Morgan fingerprint density at radius 1 is 1.05 bits per heavy atom. The van der Waals surface area contributed by atoms with Crippen molar-refractivity contribution in [2.45, 2.75) is 43.4 Å². The molecule has 3 aliphatic rings. The molecule has 2 saturated heterocycles. The number of hydrogen-bond acceptors (Lipinski definition) is 5. The molecule has 9 heteroatoms. The molecule has 1 atom stereocenters. The molecule has 1 aromatic heterocycles. The average Bonchev–Trinajstić information content (AvgIpc) is 3.73. The summed E-state index contributed by atoms with van der Waals surface area (Å²) in [5.41, 5.74) is 7.45. The van der Waals surface area contributed by atoms with Crippen molar-refractivity contribution in [3.8, 4) is 11.1 Å². The first-order valence-corrected chi connectivity index (χ1v) is 12.7. The number of nitrogens with zero attached hydrogens (tertiary/aromatic N) is 2. The van der Waals surface area contributed by atoms with Crippen LogP contribution in [0.5, 0.6) is 0 Å². The number of piperidine rings is 1. The number of nitrogens with two attached hydrogens (primary N) is 1. The van der Waals surface area contributed by atoms with Crippen LogP contribution in [0.25, 0.3) is 22.0 Å². The molecule has 37 heavy (non-hydrogen) atoms. The van der Waals surface area contributed by atoms with Gasteiger partial charge in [0.1, 0.15) is 18.5 Å². The molecule has 2 amide bonds. The Morgan fingerprint density at radius 2 is 1.76 bits per heavy atom. The standard InChI is InChI=1S/C28H29FN4O4/c29-22-13-18(19-2-1-17-4-8-24(34)31-23(17)14-19)3-7-21(22)26(27(30)36)32-11-9-28(10-12-32)16-33(20-5-6-20)25(35)15-37-28/h1-4,7-8,13-14,20,26H,5-6,9-12,15-16H2,(H2,30,36)(H,31,34). The summed E-state index contributed by atoms with van der Waals surface area (Å²) in [5, 5.41) is 0.878. The van der Waals surface area contributed by atoms with E-state index in [9.17, 15) is 14.4 Å². The molecular formula is C28H29FN4O4. The third-order valence-corrected chi connectivity index (χ3v) is 7.97. The van der Waals surface area contributed by atoms with Gasteiger partial charge in [-0.3, -0.25) is 19.3 Å². The molecule has 2 aliphatic heterocycles. The largest absolute Gasteiger partial charge is 0.368 e. The third-order valence-electron chi connectivity index (χ3n) is 7.97. The first kappa shape index (κ1) is 23.8. The van der Waals surface area contributed by atoms with Gasteiger partial charge in [-0.1, -0.05) is 24.3 Å². The number of aromatic amines is 1. The lowest BCUT2D eigenvalue weighted by Crippen LogP contribution is -2.60. The summed E-state index contributed by atoms with van der Waals surface area (Å²) < 4.78 is 21.5. The second-order valence-corrected chi connectivity index (χ2v) is 10.4. The number of amides is 2. The Hall–Kier alpha value is -3.56. The minimum atomic E-state index is -0.899. The number of fused-ring (bicyclic) bond motifs is 1. The number of halogens is 1. The van der Waals surface area contributed by atoms with E-state index in [0.717, 1.165) is 23.8 Å². The maximum Gasteiger partial charge on any atom is 0.248 e. The van der Waals surface area contributed by atoms with Crippen molar-refractivity contribution in [3.05, 3.63) is 70.3 Å². The maximum absolute atomic E-state index is 15.5. The summed E-state index contributed by atoms with van der Waals surface area (Å²) in [4.78, 5) is 43.2. The van der Waals surface area contributed by atoms with E-state index in [1.807, 2.05) is 21.9 Å². The van der Waals surface area contributed by atoms with Gasteiger partial charge in [-0.2, -0.15) is 0 Å². The SMILES string of the molecule is NC(=O)C(c1ccc(-c2ccc3ccc(=O)[nH]c3c2)cc1F)N1CCC2(CC1)CN(C1CC1)C(=O)CO2. The van der Waals surface area contributed by atoms with Crippen LogP contribution in [-0.2, 0) is 14.3 Å². The predicted octanol–water partition coefficient (Wildman–Crippen LogP) is 2.72. The van der Waals surface area contributed by atoms with Crippen molar-refractivity contribution < 1.29 is 18.7 Å². The van der Waals surface area contributed by atoms with Gasteiger partial charge in [0, 0.05) is 36.3 Å². The van der Waals surface area contributed by atoms with Crippen molar-refractivity contribution in [1.29, 1.82) is 0 Å². The Balaban J connectivity index is 1.21. The lowest BCUT2D eigenvalue weighted by Gasteiger charge is -2.48. The Labute approximate surface area is 213 Å². The van der Waals surface area contributed by atoms with E-state index in [1.54, 1.807) is 24.3 Å². The summed E-state index contributed by atoms with van der Waals surface area (Å²) in [7, 11) is 0. The van der Waals surface area contributed by atoms with Gasteiger partial charge in [-0.15, -0.1) is 0 Å². The van der Waals surface area contributed by atoms with Gasteiger partial charge in [-0.25, -0.2) is 4.39 Å². The van der Waals surface area contributed by atoms with E-state index in [4.69, 9.17) is 10.5 Å². The monoisotopic (exact) mass is 504 g/mol. The average molecular weight is 505 g/mol. The maximum atomic E-state index is 15.5. The fourth-order valence-corrected chi connectivity index (χ4v) is 5.74. The third kappa shape index (κ3) is 4.53. The zero-order chi connectivity index (χ0) is 25.7. The van der Waals surface area contributed by atoms with Crippen molar-refractivity contribution in [2.75, 3.05) is 26.2 Å². The predicted molar refractivity (Wildman–Crippen MR) is 136 cm³/mol. The lowest BCUT2D eigenvalue weighted by molar-refractivity contribution is -0.173. The highest BCUT2D eigenvalue weighted by Crippen LogP contribution is 2.38. The van der Waals surface area contributed by atoms with Gasteiger partial charge in [0.05, 0.1) is 12.1 Å². The topological polar surface area (TPSA) is 109 Å². The van der Waals surface area contributed by atoms with Crippen LogP contribution in [-0.4, -0.2) is 64.5 Å². The number of carbonyl (C=O) groups is 2. The summed E-state index contributed by atoms with van der Waals surface area (Å²) >= 11 is 0. The molecule has 0 radical (unpaired) electrons. The van der Waals surface area contributed by atoms with Gasteiger partial charge < -0.3 is 20.4 Å². The molecule has 3 N–H and O–H groups in total. The van der Waals surface area contributed by atoms with E-state index in [1.165, 1.54) is 12.1 Å². The van der Waals surface area contributed by atoms with Crippen molar-refractivity contribution >= 4 is 22.7 Å². The number of carbonyl (C=O) groups excluding carboxylic acids is 2. The van der Waals surface area contributed by atoms with Gasteiger partial charge in [-0.05, 0) is 60.4 Å². The number of H-pyrrole nitrogens is 1. The molecule has 8 nitrogen and oxygen atoms in total. The normalized spacial score (nSPS) is 20.9. The smallest absolute Gasteiger partial charge is 0.248 e. The highest BCUT2D eigenvalue weighted by atomic mass is 19.1. The lowest BCUT2D eigenvalue weighted by atomic mass is 9.87. The molecule has 3 heterocycles. The highest BCUT2D eigenvalue weighted by Gasteiger charge is 2.47. The molecule has 0 bridgehead atoms. The van der Waals surface area contributed by atoms with Gasteiger partial charge >= 0.3 is 0 Å². The summed E-state index contributed by atoms with van der Waals surface area (Å²) in [6.07, 6.45) is 3.37. The summed E-state index contributed by atoms with van der Waals surface area (Å²) in [5.74, 6) is -1.07. The van der Waals surface area contributed by atoms with E-state index < -0.39 is 23.4 Å². The number of pyridine rings is 1. The first-order valence-electron chi connectivity index (χ1n) is 12.7. The number of primary amides is 1. The number of rotatable bonds is 5. The van der Waals surface area contributed by atoms with Crippen LogP contribution in [0.1, 0.15) is 37.3 Å². The molecular weight excluding hydrogens is 475 g/mol. The number of likely N-dealkylation sites (tertiary alicyclic amines) is 1. The van der Waals surface area contributed by atoms with Crippen molar-refractivity contribution in [3.63, 3.8) is 0 Å². The van der Waals surface area contributed by atoms with Crippen LogP contribution in [0.3, 0.4) is 0 Å². The first-order chi connectivity index (χ1) is 17.8. The second kappa shape index (κ2) is 9.08. The van der Waals surface area contributed by atoms with Gasteiger partial charge in [0.15, 0.2) is 0 Å². The zero-order valence-corrected chi connectivity index (χ0v) is 20.4. The number of morpholine rings is 1. The number of hydrogen-bond donors (Lipinski definition) is 2. The van der Waals surface area contributed by atoms with Crippen LogP contribution >= 0.6 is 0 Å². The Kier molecular flexibility index (Phi) is 5.84. The number of benzene rings is 2. The van der Waals surface area contributed by atoms with E-state index in [0.29, 0.717) is 49.6 Å². The van der Waals surface area contributed by atoms with Crippen LogP contribution in [0, 0.1) is 5.82 Å². The van der Waals surface area contributed by atoms with E-state index >= 15 is 4.39 Å². The molecule has 6 rings (SSSR count). The molecule has 3 aromatic rings. The number of nitrogens with one attached hydrogen (secondary N) is 1. The van der Waals surface area contributed by atoms with E-state index in [-0.39, 0.29) is 23.6 Å². The quantitative estimate of drug-likeness (QED) is 0.556. The summed E-state index contributed by atoms with van der Waals surface area (Å²) in [6, 6.07) is 13.0. The molecule has 1 saturated carbocycles. The second-order valence-electron chi connectivity index (χ2n) is 10.4. The van der Waals surface area contributed by atoms with Gasteiger partial charge in [0.25, 0.3) is 0 Å².